The molecule has 1 aromatic heterocycles. The number of nitrogens with one attached hydrogen (secondary N) is 1. The van der Waals surface area contributed by atoms with Crippen LogP contribution in [0.2, 0.25) is 10.0 Å². The summed E-state index contributed by atoms with van der Waals surface area (Å²) in [4.78, 5) is 4.42. The molecule has 0 spiro atoms. The number of nitrogens with zero attached hydrogens (tertiary/aromatic N) is 3. The van der Waals surface area contributed by atoms with Crippen molar-refractivity contribution in [2.75, 3.05) is 7.11 Å². The van der Waals surface area contributed by atoms with Gasteiger partial charge in [-0.25, -0.2) is 9.67 Å². The van der Waals surface area contributed by atoms with E-state index in [0.29, 0.717) is 28.4 Å². The van der Waals surface area contributed by atoms with Crippen molar-refractivity contribution in [3.63, 3.8) is 0 Å². The summed E-state index contributed by atoms with van der Waals surface area (Å²) in [6, 6.07) is 5.27. The lowest BCUT2D eigenvalue weighted by molar-refractivity contribution is 0.369. The average Bonchev–Trinajstić information content (AvgIpc) is 2.87. The normalized spacial score (nSPS) is 12.5. The van der Waals surface area contributed by atoms with Crippen LogP contribution in [0.1, 0.15) is 36.7 Å². The van der Waals surface area contributed by atoms with Gasteiger partial charge in [0.2, 0.25) is 5.88 Å². The van der Waals surface area contributed by atoms with E-state index >= 15 is 0 Å². The van der Waals surface area contributed by atoms with Crippen molar-refractivity contribution in [2.45, 2.75) is 32.9 Å². The van der Waals surface area contributed by atoms with E-state index in [2.05, 4.69) is 15.4 Å². The molecule has 0 aliphatic carbocycles. The third kappa shape index (κ3) is 5.40. The predicted octanol–water partition coefficient (Wildman–Crippen LogP) is 4.08. The Balaban J connectivity index is 0.00000338. The lowest BCUT2D eigenvalue weighted by atomic mass is 10.1. The zero-order valence-electron chi connectivity index (χ0n) is 15.2. The third-order valence-electron chi connectivity index (χ3n) is 3.90. The van der Waals surface area contributed by atoms with E-state index in [9.17, 15) is 0 Å². The molecule has 6 nitrogen and oxygen atoms in total. The molecule has 1 aromatic carbocycles. The number of methoxy groups -OCH3 is 1. The van der Waals surface area contributed by atoms with E-state index in [4.69, 9.17) is 33.7 Å². The lowest BCUT2D eigenvalue weighted by Crippen LogP contribution is -2.34. The van der Waals surface area contributed by atoms with Gasteiger partial charge in [-0.15, -0.1) is 24.0 Å². The van der Waals surface area contributed by atoms with Gasteiger partial charge in [-0.1, -0.05) is 36.2 Å². The maximum Gasteiger partial charge on any atom is 0.216 e. The molecule has 0 radical (unpaired) electrons. The fraction of sp³-hybridized carbons (Fsp3) is 0.412. The van der Waals surface area contributed by atoms with Crippen LogP contribution in [0.4, 0.5) is 0 Å². The number of halogens is 3. The minimum Gasteiger partial charge on any atom is -0.481 e. The van der Waals surface area contributed by atoms with E-state index < -0.39 is 0 Å². The molecule has 26 heavy (non-hydrogen) atoms. The summed E-state index contributed by atoms with van der Waals surface area (Å²) in [6.45, 7) is 4.39. The van der Waals surface area contributed by atoms with Crippen LogP contribution in [0.5, 0.6) is 5.88 Å². The summed E-state index contributed by atoms with van der Waals surface area (Å²) < 4.78 is 7.12. The number of nitrogens with two attached hydrogens (primary N) is 1. The Labute approximate surface area is 181 Å². The van der Waals surface area contributed by atoms with Gasteiger partial charge in [-0.05, 0) is 31.0 Å². The Morgan fingerprint density at radius 1 is 1.42 bits per heavy atom. The van der Waals surface area contributed by atoms with Crippen molar-refractivity contribution in [2.24, 2.45) is 17.8 Å². The molecule has 0 bridgehead atoms. The van der Waals surface area contributed by atoms with Gasteiger partial charge in [0.1, 0.15) is 0 Å². The van der Waals surface area contributed by atoms with Crippen LogP contribution in [0.3, 0.4) is 0 Å². The SMILES string of the molecule is CCc1nn(C)c(OC)c1CN=C(N)NC(C)c1ccc(Cl)cc1Cl.I. The summed E-state index contributed by atoms with van der Waals surface area (Å²) in [7, 11) is 3.47. The monoisotopic (exact) mass is 511 g/mol. The number of aryl methyl sites for hydroxylation is 2. The number of rotatable bonds is 6. The van der Waals surface area contributed by atoms with E-state index in [0.717, 1.165) is 23.2 Å². The summed E-state index contributed by atoms with van der Waals surface area (Å²) in [5, 5.41) is 8.76. The molecule has 144 valence electrons. The van der Waals surface area contributed by atoms with E-state index in [1.54, 1.807) is 23.9 Å². The first-order valence-electron chi connectivity index (χ1n) is 7.97. The molecule has 2 rings (SSSR count). The van der Waals surface area contributed by atoms with Crippen LogP contribution in [0, 0.1) is 0 Å². The molecule has 0 aliphatic rings. The topological polar surface area (TPSA) is 77.5 Å². The number of guanidine groups is 1. The van der Waals surface area contributed by atoms with Crippen molar-refractivity contribution in [1.29, 1.82) is 0 Å². The standard InChI is InChI=1S/C17H23Cl2N5O.HI/c1-5-15-13(16(25-4)24(3)23-15)9-21-17(20)22-10(2)12-7-6-11(18)8-14(12)19;/h6-8,10H,5,9H2,1-4H3,(H3,20,21,22);1H. The maximum atomic E-state index is 6.23. The van der Waals surface area contributed by atoms with Crippen LogP contribution >= 0.6 is 47.2 Å². The number of hydrogen-bond donors (Lipinski definition) is 2. The van der Waals surface area contributed by atoms with Gasteiger partial charge in [0.15, 0.2) is 5.96 Å². The molecule has 1 atom stereocenters. The van der Waals surface area contributed by atoms with E-state index in [-0.39, 0.29) is 30.0 Å². The summed E-state index contributed by atoms with van der Waals surface area (Å²) in [5.41, 5.74) is 8.82. The molecule has 0 amide bonds. The van der Waals surface area contributed by atoms with E-state index in [1.165, 1.54) is 0 Å². The fourth-order valence-corrected chi connectivity index (χ4v) is 3.24. The van der Waals surface area contributed by atoms with Crippen LogP contribution in [0.25, 0.3) is 0 Å². The van der Waals surface area contributed by atoms with E-state index in [1.807, 2.05) is 27.0 Å². The number of hydrogen-bond acceptors (Lipinski definition) is 3. The molecule has 9 heteroatoms. The van der Waals surface area contributed by atoms with Crippen LogP contribution in [-0.2, 0) is 20.0 Å². The predicted molar refractivity (Wildman–Crippen MR) is 118 cm³/mol. The van der Waals surface area contributed by atoms with Crippen molar-refractivity contribution < 1.29 is 4.74 Å². The smallest absolute Gasteiger partial charge is 0.216 e. The van der Waals surface area contributed by atoms with Gasteiger partial charge in [-0.3, -0.25) is 0 Å². The summed E-state index contributed by atoms with van der Waals surface area (Å²) in [5.74, 6) is 1.02. The van der Waals surface area contributed by atoms with Crippen molar-refractivity contribution in [3.05, 3.63) is 45.1 Å². The third-order valence-corrected chi connectivity index (χ3v) is 4.46. The first-order valence-corrected chi connectivity index (χ1v) is 8.73. The minimum atomic E-state index is -0.102. The summed E-state index contributed by atoms with van der Waals surface area (Å²) in [6.07, 6.45) is 0.798. The first kappa shape index (κ1) is 22.9. The second-order valence-electron chi connectivity index (χ2n) is 5.65. The largest absolute Gasteiger partial charge is 0.481 e. The zero-order valence-corrected chi connectivity index (χ0v) is 19.1. The van der Waals surface area contributed by atoms with Crippen LogP contribution in [0.15, 0.2) is 23.2 Å². The van der Waals surface area contributed by atoms with Gasteiger partial charge in [0.25, 0.3) is 0 Å². The molecular weight excluding hydrogens is 488 g/mol. The highest BCUT2D eigenvalue weighted by Gasteiger charge is 2.16. The van der Waals surface area contributed by atoms with Crippen molar-refractivity contribution in [3.8, 4) is 5.88 Å². The molecule has 0 aliphatic heterocycles. The lowest BCUT2D eigenvalue weighted by Gasteiger charge is -2.16. The highest BCUT2D eigenvalue weighted by molar-refractivity contribution is 14.0. The molecule has 3 N–H and O–H groups in total. The highest BCUT2D eigenvalue weighted by atomic mass is 127. The molecule has 1 unspecified atom stereocenters. The first-order chi connectivity index (χ1) is 11.9. The molecule has 0 fully saturated rings. The number of benzene rings is 1. The maximum absolute atomic E-state index is 6.23. The second kappa shape index (κ2) is 10.2. The quantitative estimate of drug-likeness (QED) is 0.348. The Hall–Kier alpha value is -1.19. The Kier molecular flexibility index (Phi) is 8.99. The number of aromatic nitrogens is 2. The van der Waals surface area contributed by atoms with Gasteiger partial charge < -0.3 is 15.8 Å². The van der Waals surface area contributed by atoms with Crippen molar-refractivity contribution in [1.82, 2.24) is 15.1 Å². The van der Waals surface area contributed by atoms with Gasteiger partial charge >= 0.3 is 0 Å². The summed E-state index contributed by atoms with van der Waals surface area (Å²) >= 11 is 12.2. The van der Waals surface area contributed by atoms with Gasteiger partial charge in [0, 0.05) is 17.1 Å². The highest BCUT2D eigenvalue weighted by Crippen LogP contribution is 2.26. The molecule has 2 aromatic rings. The fourth-order valence-electron chi connectivity index (χ4n) is 2.67. The Morgan fingerprint density at radius 2 is 2.12 bits per heavy atom. The van der Waals surface area contributed by atoms with Crippen LogP contribution in [-0.4, -0.2) is 22.8 Å². The molecule has 0 saturated heterocycles. The number of aliphatic imine (C=N–C) groups is 1. The van der Waals surface area contributed by atoms with Crippen LogP contribution < -0.4 is 15.8 Å². The minimum absolute atomic E-state index is 0. The molecule has 1 heterocycles. The Bertz CT molecular complexity index is 779. The van der Waals surface area contributed by atoms with Gasteiger partial charge in [0.05, 0.1) is 31.0 Å². The van der Waals surface area contributed by atoms with Crippen molar-refractivity contribution >= 4 is 53.1 Å². The zero-order chi connectivity index (χ0) is 18.6. The second-order valence-corrected chi connectivity index (χ2v) is 6.49. The number of ether oxygens (including phenoxy) is 1. The molecular formula is C17H24Cl2IN5O. The van der Waals surface area contributed by atoms with Gasteiger partial charge in [-0.2, -0.15) is 5.10 Å². The Morgan fingerprint density at radius 3 is 2.69 bits per heavy atom. The molecule has 0 saturated carbocycles. The average molecular weight is 512 g/mol.